The first-order valence-electron chi connectivity index (χ1n) is 5.14. The van der Waals surface area contributed by atoms with E-state index in [2.05, 4.69) is 0 Å². The maximum Gasteiger partial charge on any atom is 0.254 e. The van der Waals surface area contributed by atoms with Crippen molar-refractivity contribution >= 4 is 0 Å². The highest BCUT2D eigenvalue weighted by molar-refractivity contribution is 5.17. The monoisotopic (exact) mass is 234 g/mol. The summed E-state index contributed by atoms with van der Waals surface area (Å²) in [6.07, 6.45) is -4.18. The number of hydrogen-bond donors (Lipinski definition) is 5. The van der Waals surface area contributed by atoms with Crippen molar-refractivity contribution in [3.05, 3.63) is 11.3 Å². The Morgan fingerprint density at radius 1 is 1.38 bits per heavy atom. The Morgan fingerprint density at radius 2 is 1.94 bits per heavy atom. The van der Waals surface area contributed by atoms with Crippen molar-refractivity contribution in [3.8, 4) is 0 Å². The van der Waals surface area contributed by atoms with Crippen LogP contribution in [0.5, 0.6) is 0 Å². The van der Waals surface area contributed by atoms with Crippen LogP contribution in [0.1, 0.15) is 20.3 Å². The van der Waals surface area contributed by atoms with Crippen LogP contribution in [-0.2, 0) is 4.74 Å². The molecule has 1 aliphatic rings. The summed E-state index contributed by atoms with van der Waals surface area (Å²) in [6.45, 7) is 2.96. The fourth-order valence-corrected chi connectivity index (χ4v) is 1.52. The molecule has 1 fully saturated rings. The van der Waals surface area contributed by atoms with E-state index in [0.717, 1.165) is 0 Å². The van der Waals surface area contributed by atoms with Gasteiger partial charge in [-0.3, -0.25) is 0 Å². The first-order chi connectivity index (χ1) is 7.34. The molecule has 0 radical (unpaired) electrons. The molecule has 1 heterocycles. The number of ether oxygens (including phenoxy) is 1. The van der Waals surface area contributed by atoms with E-state index in [1.165, 1.54) is 0 Å². The zero-order valence-corrected chi connectivity index (χ0v) is 9.29. The first-order valence-corrected chi connectivity index (χ1v) is 5.14. The van der Waals surface area contributed by atoms with Gasteiger partial charge in [-0.1, -0.05) is 6.92 Å². The molecule has 1 aliphatic heterocycles. The molecule has 4 atom stereocenters. The van der Waals surface area contributed by atoms with Gasteiger partial charge in [-0.05, 0) is 18.9 Å². The van der Waals surface area contributed by atoms with Crippen LogP contribution in [0.4, 0.5) is 0 Å². The highest BCUT2D eigenvalue weighted by Gasteiger charge is 2.51. The minimum atomic E-state index is -2.35. The van der Waals surface area contributed by atoms with Crippen LogP contribution in [0.15, 0.2) is 11.3 Å². The lowest BCUT2D eigenvalue weighted by Gasteiger charge is -2.41. The van der Waals surface area contributed by atoms with E-state index in [0.29, 0.717) is 12.0 Å². The highest BCUT2D eigenvalue weighted by atomic mass is 16.7. The maximum absolute atomic E-state index is 9.95. The molecule has 5 N–H and O–H groups in total. The topological polar surface area (TPSA) is 110 Å². The second kappa shape index (κ2) is 4.68. The molecule has 1 saturated heterocycles. The van der Waals surface area contributed by atoms with Crippen molar-refractivity contribution < 1.29 is 30.3 Å². The molecular weight excluding hydrogens is 216 g/mol. The van der Waals surface area contributed by atoms with Crippen LogP contribution in [0, 0.1) is 0 Å². The van der Waals surface area contributed by atoms with Crippen molar-refractivity contribution in [2.75, 3.05) is 6.61 Å². The van der Waals surface area contributed by atoms with Gasteiger partial charge in [0, 0.05) is 0 Å². The van der Waals surface area contributed by atoms with E-state index in [9.17, 15) is 25.5 Å². The number of aliphatic hydroxyl groups excluding tert-OH is 4. The molecule has 0 aromatic heterocycles. The molecule has 0 unspecified atom stereocenters. The van der Waals surface area contributed by atoms with Crippen LogP contribution in [0.3, 0.4) is 0 Å². The van der Waals surface area contributed by atoms with Gasteiger partial charge in [-0.2, -0.15) is 0 Å². The lowest BCUT2D eigenvalue weighted by Crippen LogP contribution is -2.61. The van der Waals surface area contributed by atoms with Crippen molar-refractivity contribution in [2.24, 2.45) is 0 Å². The lowest BCUT2D eigenvalue weighted by molar-refractivity contribution is -0.312. The second-order valence-corrected chi connectivity index (χ2v) is 3.99. The van der Waals surface area contributed by atoms with Gasteiger partial charge in [0.15, 0.2) is 5.76 Å². The molecule has 16 heavy (non-hydrogen) atoms. The summed E-state index contributed by atoms with van der Waals surface area (Å²) >= 11 is 0. The van der Waals surface area contributed by atoms with Gasteiger partial charge in [0.1, 0.15) is 18.3 Å². The molecule has 0 saturated carbocycles. The van der Waals surface area contributed by atoms with Gasteiger partial charge in [0.2, 0.25) is 0 Å². The minimum Gasteiger partial charge on any atom is -0.507 e. The standard InChI is InChI=1S/C10H18O6/c1-3-5(2)8(13)10(15)9(14)7(12)6(11)4-16-10/h6-7,9,11-15H,3-4H2,1-2H3/t6-,7-,9+,10-/m1/s1. The number of rotatable bonds is 2. The van der Waals surface area contributed by atoms with Gasteiger partial charge in [-0.15, -0.1) is 0 Å². The van der Waals surface area contributed by atoms with Gasteiger partial charge < -0.3 is 30.3 Å². The van der Waals surface area contributed by atoms with E-state index in [-0.39, 0.29) is 6.61 Å². The smallest absolute Gasteiger partial charge is 0.254 e. The average molecular weight is 234 g/mol. The fourth-order valence-electron chi connectivity index (χ4n) is 1.52. The third-order valence-electron chi connectivity index (χ3n) is 2.87. The summed E-state index contributed by atoms with van der Waals surface area (Å²) < 4.78 is 4.83. The van der Waals surface area contributed by atoms with Gasteiger partial charge in [0.05, 0.1) is 6.61 Å². The van der Waals surface area contributed by atoms with Gasteiger partial charge in [-0.25, -0.2) is 0 Å². The molecule has 0 aliphatic carbocycles. The van der Waals surface area contributed by atoms with Crippen LogP contribution in [0.25, 0.3) is 0 Å². The summed E-state index contributed by atoms with van der Waals surface area (Å²) in [5.74, 6) is -2.87. The SMILES string of the molecule is CCC(C)=C(O)[C@@]1(O)OC[C@@H](O)[C@@H](O)[C@@H]1O. The summed E-state index contributed by atoms with van der Waals surface area (Å²) in [4.78, 5) is 0. The Kier molecular flexibility index (Phi) is 3.92. The summed E-state index contributed by atoms with van der Waals surface area (Å²) in [5, 5.41) is 47.9. The normalized spacial score (nSPS) is 41.8. The maximum atomic E-state index is 9.95. The molecule has 1 rings (SSSR count). The number of hydrogen-bond acceptors (Lipinski definition) is 6. The Morgan fingerprint density at radius 3 is 2.44 bits per heavy atom. The molecule has 6 heteroatoms. The molecule has 0 aromatic carbocycles. The molecule has 0 bridgehead atoms. The van der Waals surface area contributed by atoms with Crippen molar-refractivity contribution in [2.45, 2.75) is 44.4 Å². The zero-order valence-electron chi connectivity index (χ0n) is 9.29. The Balaban J connectivity index is 3.02. The lowest BCUT2D eigenvalue weighted by atomic mass is 9.93. The largest absolute Gasteiger partial charge is 0.507 e. The molecule has 0 amide bonds. The van der Waals surface area contributed by atoms with E-state index in [1.54, 1.807) is 13.8 Å². The Hall–Kier alpha value is -0.660. The van der Waals surface area contributed by atoms with E-state index in [1.807, 2.05) is 0 Å². The molecule has 6 nitrogen and oxygen atoms in total. The van der Waals surface area contributed by atoms with Crippen LogP contribution < -0.4 is 0 Å². The number of aliphatic hydroxyl groups is 5. The van der Waals surface area contributed by atoms with Gasteiger partial charge in [0.25, 0.3) is 5.79 Å². The van der Waals surface area contributed by atoms with E-state index in [4.69, 9.17) is 4.74 Å². The number of allylic oxidation sites excluding steroid dienone is 1. The molecule has 0 spiro atoms. The fraction of sp³-hybridized carbons (Fsp3) is 0.800. The van der Waals surface area contributed by atoms with E-state index >= 15 is 0 Å². The first kappa shape index (κ1) is 13.4. The van der Waals surface area contributed by atoms with Crippen LogP contribution in [0.2, 0.25) is 0 Å². The predicted octanol–water partition coefficient (Wildman–Crippen LogP) is -0.970. The summed E-state index contributed by atoms with van der Waals surface area (Å²) in [5.41, 5.74) is 0.435. The zero-order chi connectivity index (χ0) is 12.5. The predicted molar refractivity (Wildman–Crippen MR) is 54.5 cm³/mol. The van der Waals surface area contributed by atoms with Crippen LogP contribution >= 0.6 is 0 Å². The molecule has 0 aromatic rings. The third-order valence-corrected chi connectivity index (χ3v) is 2.87. The average Bonchev–Trinajstić information content (AvgIpc) is 2.29. The highest BCUT2D eigenvalue weighted by Crippen LogP contribution is 2.31. The Labute approximate surface area is 93.4 Å². The van der Waals surface area contributed by atoms with E-state index < -0.39 is 29.9 Å². The van der Waals surface area contributed by atoms with Crippen molar-refractivity contribution in [1.29, 1.82) is 0 Å². The Bertz CT molecular complexity index is 289. The summed E-state index contributed by atoms with van der Waals surface area (Å²) in [7, 11) is 0. The molecular formula is C10H18O6. The van der Waals surface area contributed by atoms with Crippen molar-refractivity contribution in [1.82, 2.24) is 0 Å². The molecule has 94 valence electrons. The minimum absolute atomic E-state index is 0.365. The van der Waals surface area contributed by atoms with Gasteiger partial charge >= 0.3 is 0 Å². The summed E-state index contributed by atoms with van der Waals surface area (Å²) in [6, 6.07) is 0. The van der Waals surface area contributed by atoms with Crippen molar-refractivity contribution in [3.63, 3.8) is 0 Å². The second-order valence-electron chi connectivity index (χ2n) is 3.99. The third kappa shape index (κ3) is 2.07. The van der Waals surface area contributed by atoms with Crippen LogP contribution in [-0.4, -0.2) is 56.2 Å². The quantitative estimate of drug-likeness (QED) is 0.393.